The Kier molecular flexibility index (Phi) is 4.65. The lowest BCUT2D eigenvalue weighted by Crippen LogP contribution is -2.75. The number of nitrogens with zero attached hydrogens (tertiary/aromatic N) is 3. The zero-order chi connectivity index (χ0) is 23.3. The SMILES string of the molecule is O=C1NC(=O)[C@]2(Cc3ccccc3N3CCN(c4ccccc4)C[C@H]32)C(=O)N1c1ccccc1. The third kappa shape index (κ3) is 2.93. The fourth-order valence-corrected chi connectivity index (χ4v) is 5.64. The van der Waals surface area contributed by atoms with Crippen molar-refractivity contribution in [1.29, 1.82) is 0 Å². The first kappa shape index (κ1) is 20.5. The van der Waals surface area contributed by atoms with Gasteiger partial charge in [-0.15, -0.1) is 0 Å². The highest BCUT2D eigenvalue weighted by Gasteiger charge is 2.63. The molecule has 2 fully saturated rings. The number of benzene rings is 3. The number of imide groups is 2. The molecule has 3 aromatic rings. The second-order valence-corrected chi connectivity index (χ2v) is 9.00. The van der Waals surface area contributed by atoms with E-state index in [0.717, 1.165) is 28.4 Å². The van der Waals surface area contributed by atoms with Gasteiger partial charge in [0.1, 0.15) is 0 Å². The smallest absolute Gasteiger partial charge is 0.335 e. The van der Waals surface area contributed by atoms with Crippen LogP contribution < -0.4 is 20.0 Å². The highest BCUT2D eigenvalue weighted by Crippen LogP contribution is 2.46. The van der Waals surface area contributed by atoms with Gasteiger partial charge in [0.05, 0.1) is 11.7 Å². The molecule has 1 N–H and O–H groups in total. The van der Waals surface area contributed by atoms with Crippen LogP contribution in [0, 0.1) is 5.41 Å². The van der Waals surface area contributed by atoms with Crippen LogP contribution in [0.1, 0.15) is 5.56 Å². The molecule has 2 saturated heterocycles. The molecule has 7 nitrogen and oxygen atoms in total. The van der Waals surface area contributed by atoms with Gasteiger partial charge in [-0.2, -0.15) is 0 Å². The largest absolute Gasteiger partial charge is 0.368 e. The molecular weight excluding hydrogens is 428 g/mol. The maximum absolute atomic E-state index is 14.2. The second kappa shape index (κ2) is 7.73. The van der Waals surface area contributed by atoms with Gasteiger partial charge in [0.25, 0.3) is 5.91 Å². The number of piperazine rings is 1. The summed E-state index contributed by atoms with van der Waals surface area (Å²) in [6.07, 6.45) is 0.244. The fraction of sp³-hybridized carbons (Fsp3) is 0.222. The van der Waals surface area contributed by atoms with E-state index in [1.165, 1.54) is 0 Å². The van der Waals surface area contributed by atoms with Crippen LogP contribution in [0.4, 0.5) is 21.9 Å². The second-order valence-electron chi connectivity index (χ2n) is 9.00. The van der Waals surface area contributed by atoms with Crippen LogP contribution in [0.3, 0.4) is 0 Å². The molecule has 6 rings (SSSR count). The molecule has 0 unspecified atom stereocenters. The molecule has 0 radical (unpaired) electrons. The number of amides is 4. The van der Waals surface area contributed by atoms with Crippen LogP contribution in [-0.4, -0.2) is 43.5 Å². The molecule has 0 saturated carbocycles. The monoisotopic (exact) mass is 452 g/mol. The van der Waals surface area contributed by atoms with Gasteiger partial charge < -0.3 is 9.80 Å². The molecule has 2 atom stereocenters. The number of para-hydroxylation sites is 3. The summed E-state index contributed by atoms with van der Waals surface area (Å²) in [6.45, 7) is 1.93. The Morgan fingerprint density at radius 2 is 1.41 bits per heavy atom. The topological polar surface area (TPSA) is 73.0 Å². The Morgan fingerprint density at radius 3 is 2.15 bits per heavy atom. The molecule has 0 aromatic heterocycles. The Hall–Kier alpha value is -4.13. The molecule has 3 aliphatic heterocycles. The molecule has 3 heterocycles. The molecule has 0 bridgehead atoms. The molecule has 4 amide bonds. The Balaban J connectivity index is 1.49. The Morgan fingerprint density at radius 1 is 0.765 bits per heavy atom. The quantitative estimate of drug-likeness (QED) is 0.605. The van der Waals surface area contributed by atoms with E-state index in [1.54, 1.807) is 24.3 Å². The number of fused-ring (bicyclic) bond motifs is 4. The fourth-order valence-electron chi connectivity index (χ4n) is 5.64. The summed E-state index contributed by atoms with van der Waals surface area (Å²) in [5.41, 5.74) is 2.08. The van der Waals surface area contributed by atoms with Gasteiger partial charge in [0.2, 0.25) is 5.91 Å². The van der Waals surface area contributed by atoms with Crippen molar-refractivity contribution >= 4 is 34.9 Å². The molecule has 170 valence electrons. The van der Waals surface area contributed by atoms with Crippen molar-refractivity contribution in [2.75, 3.05) is 34.3 Å². The number of carbonyl (C=O) groups excluding carboxylic acids is 3. The summed E-state index contributed by atoms with van der Waals surface area (Å²) in [5, 5.41) is 2.52. The number of hydrogen-bond donors (Lipinski definition) is 1. The molecule has 0 aliphatic carbocycles. The number of rotatable bonds is 2. The van der Waals surface area contributed by atoms with E-state index >= 15 is 0 Å². The summed E-state index contributed by atoms with van der Waals surface area (Å²) >= 11 is 0. The van der Waals surface area contributed by atoms with Crippen molar-refractivity contribution in [2.24, 2.45) is 5.41 Å². The first-order chi connectivity index (χ1) is 16.6. The van der Waals surface area contributed by atoms with E-state index in [1.807, 2.05) is 54.6 Å². The third-order valence-corrected chi connectivity index (χ3v) is 7.27. The average molecular weight is 453 g/mol. The number of anilines is 3. The molecule has 1 spiro atoms. The lowest BCUT2D eigenvalue weighted by molar-refractivity contribution is -0.144. The molecule has 3 aliphatic rings. The van der Waals surface area contributed by atoms with Crippen LogP contribution in [0.15, 0.2) is 84.9 Å². The molecule has 3 aromatic carbocycles. The number of urea groups is 1. The predicted molar refractivity (Wildman–Crippen MR) is 130 cm³/mol. The minimum absolute atomic E-state index is 0.244. The van der Waals surface area contributed by atoms with Crippen molar-refractivity contribution in [3.05, 3.63) is 90.5 Å². The van der Waals surface area contributed by atoms with Gasteiger partial charge in [0, 0.05) is 31.0 Å². The average Bonchev–Trinajstić information content (AvgIpc) is 2.88. The van der Waals surface area contributed by atoms with E-state index in [0.29, 0.717) is 18.8 Å². The van der Waals surface area contributed by atoms with Gasteiger partial charge in [-0.1, -0.05) is 54.6 Å². The molecule has 34 heavy (non-hydrogen) atoms. The van der Waals surface area contributed by atoms with E-state index in [-0.39, 0.29) is 6.42 Å². The van der Waals surface area contributed by atoms with Gasteiger partial charge in [-0.3, -0.25) is 14.9 Å². The van der Waals surface area contributed by atoms with E-state index in [2.05, 4.69) is 21.2 Å². The van der Waals surface area contributed by atoms with E-state index in [9.17, 15) is 14.4 Å². The minimum atomic E-state index is -1.43. The van der Waals surface area contributed by atoms with Crippen LogP contribution in [0.5, 0.6) is 0 Å². The van der Waals surface area contributed by atoms with Crippen LogP contribution in [0.2, 0.25) is 0 Å². The van der Waals surface area contributed by atoms with Crippen LogP contribution in [-0.2, 0) is 16.0 Å². The Labute approximate surface area is 197 Å². The van der Waals surface area contributed by atoms with E-state index < -0.39 is 29.3 Å². The van der Waals surface area contributed by atoms with Gasteiger partial charge >= 0.3 is 6.03 Å². The lowest BCUT2D eigenvalue weighted by atomic mass is 9.67. The van der Waals surface area contributed by atoms with Crippen molar-refractivity contribution < 1.29 is 14.4 Å². The zero-order valence-corrected chi connectivity index (χ0v) is 18.6. The highest BCUT2D eigenvalue weighted by molar-refractivity contribution is 6.30. The standard InChI is InChI=1S/C27H24N4O3/c32-24-27(25(33)31(26(34)28-24)21-12-5-2-6-13-21)17-19-9-7-8-14-22(19)30-16-15-29(18-23(27)30)20-10-3-1-4-11-20/h1-14,23H,15-18H2,(H,28,32,34)/t23-,27+/m0/s1. The van der Waals surface area contributed by atoms with Crippen molar-refractivity contribution in [3.8, 4) is 0 Å². The van der Waals surface area contributed by atoms with E-state index in [4.69, 9.17) is 0 Å². The third-order valence-electron chi connectivity index (χ3n) is 7.27. The minimum Gasteiger partial charge on any atom is -0.368 e. The van der Waals surface area contributed by atoms with Gasteiger partial charge in [0.15, 0.2) is 5.41 Å². The molecule has 7 heteroatoms. The first-order valence-electron chi connectivity index (χ1n) is 11.5. The number of barbiturate groups is 1. The predicted octanol–water partition coefficient (Wildman–Crippen LogP) is 3.21. The van der Waals surface area contributed by atoms with Crippen LogP contribution >= 0.6 is 0 Å². The van der Waals surface area contributed by atoms with Crippen molar-refractivity contribution in [1.82, 2.24) is 5.32 Å². The summed E-state index contributed by atoms with van der Waals surface area (Å²) in [4.78, 5) is 46.3. The van der Waals surface area contributed by atoms with Crippen molar-refractivity contribution in [2.45, 2.75) is 12.5 Å². The first-order valence-corrected chi connectivity index (χ1v) is 11.5. The van der Waals surface area contributed by atoms with Gasteiger partial charge in [-0.25, -0.2) is 9.69 Å². The molecular formula is C27H24N4O3. The number of nitrogens with one attached hydrogen (secondary N) is 1. The summed E-state index contributed by atoms with van der Waals surface area (Å²) < 4.78 is 0. The Bertz CT molecular complexity index is 1280. The lowest BCUT2D eigenvalue weighted by Gasteiger charge is -2.55. The summed E-state index contributed by atoms with van der Waals surface area (Å²) in [7, 11) is 0. The summed E-state index contributed by atoms with van der Waals surface area (Å²) in [6, 6.07) is 25.7. The van der Waals surface area contributed by atoms with Crippen molar-refractivity contribution in [3.63, 3.8) is 0 Å². The highest BCUT2D eigenvalue weighted by atomic mass is 16.2. The zero-order valence-electron chi connectivity index (χ0n) is 18.6. The maximum atomic E-state index is 14.2. The maximum Gasteiger partial charge on any atom is 0.335 e. The number of carbonyl (C=O) groups is 3. The number of hydrogen-bond acceptors (Lipinski definition) is 5. The van der Waals surface area contributed by atoms with Gasteiger partial charge in [-0.05, 0) is 42.3 Å². The summed E-state index contributed by atoms with van der Waals surface area (Å²) in [5.74, 6) is -0.985. The normalized spacial score (nSPS) is 24.1. The van der Waals surface area contributed by atoms with Crippen LogP contribution in [0.25, 0.3) is 0 Å².